The van der Waals surface area contributed by atoms with E-state index in [4.69, 9.17) is 9.94 Å². The van der Waals surface area contributed by atoms with Crippen molar-refractivity contribution in [1.29, 1.82) is 0 Å². The first kappa shape index (κ1) is 13.7. The number of rotatable bonds is 7. The predicted octanol–water partition coefficient (Wildman–Crippen LogP) is 2.06. The first-order valence-corrected chi connectivity index (χ1v) is 5.72. The van der Waals surface area contributed by atoms with Crippen LogP contribution in [0, 0.1) is 11.8 Å². The third kappa shape index (κ3) is 4.97. The lowest BCUT2D eigenvalue weighted by Gasteiger charge is -2.16. The average molecular weight is 237 g/mol. The quantitative estimate of drug-likeness (QED) is 0.563. The summed E-state index contributed by atoms with van der Waals surface area (Å²) in [6.07, 6.45) is 0. The number of benzene rings is 1. The molecule has 1 aromatic rings. The Balaban J connectivity index is 2.26. The zero-order chi connectivity index (χ0) is 12.7. The highest BCUT2D eigenvalue weighted by Crippen LogP contribution is 2.09. The van der Waals surface area contributed by atoms with Gasteiger partial charge >= 0.3 is 5.97 Å². The normalized spacial score (nSPS) is 12.6. The van der Waals surface area contributed by atoms with Gasteiger partial charge in [-0.05, 0) is 11.5 Å². The maximum Gasteiger partial charge on any atom is 0.308 e. The van der Waals surface area contributed by atoms with E-state index in [2.05, 4.69) is 5.48 Å². The number of carbonyl (C=O) groups is 1. The topological polar surface area (TPSA) is 58.6 Å². The number of carboxylic acid groups (broad SMARTS) is 1. The van der Waals surface area contributed by atoms with Gasteiger partial charge in [-0.25, -0.2) is 5.48 Å². The second-order valence-corrected chi connectivity index (χ2v) is 4.31. The van der Waals surface area contributed by atoms with Crippen molar-refractivity contribution in [3.63, 3.8) is 0 Å². The van der Waals surface area contributed by atoms with Gasteiger partial charge in [0.1, 0.15) is 0 Å². The van der Waals surface area contributed by atoms with Gasteiger partial charge in [0.25, 0.3) is 0 Å². The highest BCUT2D eigenvalue weighted by molar-refractivity contribution is 5.70. The summed E-state index contributed by atoms with van der Waals surface area (Å²) in [5, 5.41) is 8.96. The minimum Gasteiger partial charge on any atom is -0.481 e. The first-order valence-electron chi connectivity index (χ1n) is 5.72. The summed E-state index contributed by atoms with van der Waals surface area (Å²) in [6, 6.07) is 9.73. The Kier molecular flexibility index (Phi) is 5.66. The minimum atomic E-state index is -0.796. The maximum atomic E-state index is 10.9. The standard InChI is InChI=1S/C13H19NO3/c1-10(2)12(13(15)16)8-14-17-9-11-6-4-3-5-7-11/h3-7,10,12,14H,8-9H2,1-2H3,(H,15,16)/t12-/m0/s1. The number of carboxylic acids is 1. The highest BCUT2D eigenvalue weighted by Gasteiger charge is 2.20. The summed E-state index contributed by atoms with van der Waals surface area (Å²) < 4.78 is 0. The van der Waals surface area contributed by atoms with Crippen molar-refractivity contribution >= 4 is 5.97 Å². The number of hydrogen-bond donors (Lipinski definition) is 2. The lowest BCUT2D eigenvalue weighted by Crippen LogP contribution is -2.32. The fourth-order valence-corrected chi connectivity index (χ4v) is 1.47. The molecule has 0 aromatic heterocycles. The minimum absolute atomic E-state index is 0.0836. The molecule has 0 heterocycles. The van der Waals surface area contributed by atoms with Gasteiger partial charge in [0, 0.05) is 6.54 Å². The van der Waals surface area contributed by atoms with Crippen molar-refractivity contribution in [3.8, 4) is 0 Å². The molecule has 0 aliphatic carbocycles. The molecule has 17 heavy (non-hydrogen) atoms. The Morgan fingerprint density at radius 3 is 2.53 bits per heavy atom. The number of hydroxylamine groups is 1. The SMILES string of the molecule is CC(C)[C@H](CNOCc1ccccc1)C(=O)O. The molecular weight excluding hydrogens is 218 g/mol. The first-order chi connectivity index (χ1) is 8.11. The Hall–Kier alpha value is -1.39. The van der Waals surface area contributed by atoms with Gasteiger partial charge in [0.15, 0.2) is 0 Å². The predicted molar refractivity (Wildman–Crippen MR) is 65.2 cm³/mol. The van der Waals surface area contributed by atoms with Crippen molar-refractivity contribution in [2.75, 3.05) is 6.54 Å². The van der Waals surface area contributed by atoms with Crippen LogP contribution in [-0.2, 0) is 16.2 Å². The third-order valence-electron chi connectivity index (χ3n) is 2.61. The van der Waals surface area contributed by atoms with Gasteiger partial charge in [-0.3, -0.25) is 9.63 Å². The van der Waals surface area contributed by atoms with Crippen LogP contribution in [-0.4, -0.2) is 17.6 Å². The Bertz CT molecular complexity index is 338. The van der Waals surface area contributed by atoms with Crippen molar-refractivity contribution < 1.29 is 14.7 Å². The van der Waals surface area contributed by atoms with Crippen LogP contribution in [0.1, 0.15) is 19.4 Å². The molecule has 0 radical (unpaired) electrons. The van der Waals surface area contributed by atoms with Gasteiger partial charge in [-0.15, -0.1) is 0 Å². The third-order valence-corrected chi connectivity index (χ3v) is 2.61. The Morgan fingerprint density at radius 2 is 2.00 bits per heavy atom. The van der Waals surface area contributed by atoms with E-state index in [1.165, 1.54) is 0 Å². The van der Waals surface area contributed by atoms with Gasteiger partial charge < -0.3 is 5.11 Å². The van der Waals surface area contributed by atoms with Gasteiger partial charge in [-0.2, -0.15) is 0 Å². The molecule has 0 fully saturated rings. The van der Waals surface area contributed by atoms with E-state index in [1.807, 2.05) is 44.2 Å². The molecule has 0 saturated heterocycles. The maximum absolute atomic E-state index is 10.9. The van der Waals surface area contributed by atoms with E-state index in [0.717, 1.165) is 5.56 Å². The number of hydrogen-bond acceptors (Lipinski definition) is 3. The summed E-state index contributed by atoms with van der Waals surface area (Å²) >= 11 is 0. The molecule has 0 bridgehead atoms. The molecule has 1 rings (SSSR count). The second kappa shape index (κ2) is 7.04. The van der Waals surface area contributed by atoms with Crippen molar-refractivity contribution in [2.45, 2.75) is 20.5 Å². The molecule has 4 nitrogen and oxygen atoms in total. The zero-order valence-corrected chi connectivity index (χ0v) is 10.2. The second-order valence-electron chi connectivity index (χ2n) is 4.31. The van der Waals surface area contributed by atoms with Gasteiger partial charge in [0.2, 0.25) is 0 Å². The van der Waals surface area contributed by atoms with Gasteiger partial charge in [-0.1, -0.05) is 44.2 Å². The summed E-state index contributed by atoms with van der Waals surface area (Å²) in [5.74, 6) is -1.14. The molecule has 0 aliphatic heterocycles. The molecule has 0 amide bonds. The molecule has 0 saturated carbocycles. The summed E-state index contributed by atoms with van der Waals surface area (Å²) in [5.41, 5.74) is 3.77. The fourth-order valence-electron chi connectivity index (χ4n) is 1.47. The van der Waals surface area contributed by atoms with E-state index >= 15 is 0 Å². The molecule has 0 spiro atoms. The summed E-state index contributed by atoms with van der Waals surface area (Å²) in [6.45, 7) is 4.53. The number of aliphatic carboxylic acids is 1. The molecule has 0 unspecified atom stereocenters. The molecular formula is C13H19NO3. The highest BCUT2D eigenvalue weighted by atomic mass is 16.6. The van der Waals surface area contributed by atoms with E-state index in [-0.39, 0.29) is 5.92 Å². The van der Waals surface area contributed by atoms with Crippen LogP contribution in [0.15, 0.2) is 30.3 Å². The van der Waals surface area contributed by atoms with Crippen molar-refractivity contribution in [3.05, 3.63) is 35.9 Å². The molecule has 1 atom stereocenters. The number of nitrogens with one attached hydrogen (secondary N) is 1. The Morgan fingerprint density at radius 1 is 1.35 bits per heavy atom. The summed E-state index contributed by atoms with van der Waals surface area (Å²) in [4.78, 5) is 16.1. The van der Waals surface area contributed by atoms with Crippen LogP contribution in [0.25, 0.3) is 0 Å². The smallest absolute Gasteiger partial charge is 0.308 e. The molecule has 0 aliphatic rings. The zero-order valence-electron chi connectivity index (χ0n) is 10.2. The fraction of sp³-hybridized carbons (Fsp3) is 0.462. The Labute approximate surface area is 102 Å². The largest absolute Gasteiger partial charge is 0.481 e. The molecule has 94 valence electrons. The van der Waals surface area contributed by atoms with E-state index in [1.54, 1.807) is 0 Å². The van der Waals surface area contributed by atoms with Crippen molar-refractivity contribution in [1.82, 2.24) is 5.48 Å². The molecule has 2 N–H and O–H groups in total. The van der Waals surface area contributed by atoms with Crippen molar-refractivity contribution in [2.24, 2.45) is 11.8 Å². The van der Waals surface area contributed by atoms with Crippen LogP contribution in [0.5, 0.6) is 0 Å². The van der Waals surface area contributed by atoms with E-state index < -0.39 is 11.9 Å². The lowest BCUT2D eigenvalue weighted by molar-refractivity contribution is -0.144. The van der Waals surface area contributed by atoms with Crippen LogP contribution in [0.2, 0.25) is 0 Å². The van der Waals surface area contributed by atoms with Crippen LogP contribution >= 0.6 is 0 Å². The molecule has 4 heteroatoms. The van der Waals surface area contributed by atoms with Crippen LogP contribution in [0.3, 0.4) is 0 Å². The van der Waals surface area contributed by atoms with E-state index in [0.29, 0.717) is 13.2 Å². The van der Waals surface area contributed by atoms with Crippen LogP contribution in [0.4, 0.5) is 0 Å². The monoisotopic (exact) mass is 237 g/mol. The van der Waals surface area contributed by atoms with Crippen LogP contribution < -0.4 is 5.48 Å². The average Bonchev–Trinajstić information content (AvgIpc) is 2.29. The molecule has 1 aromatic carbocycles. The van der Waals surface area contributed by atoms with Gasteiger partial charge in [0.05, 0.1) is 12.5 Å². The van der Waals surface area contributed by atoms with E-state index in [9.17, 15) is 4.79 Å². The lowest BCUT2D eigenvalue weighted by atomic mass is 9.96. The summed E-state index contributed by atoms with van der Waals surface area (Å²) in [7, 11) is 0.